The summed E-state index contributed by atoms with van der Waals surface area (Å²) in [6.07, 6.45) is 4.53. The molecule has 0 amide bonds. The van der Waals surface area contributed by atoms with Gasteiger partial charge >= 0.3 is 0 Å². The van der Waals surface area contributed by atoms with Crippen LogP contribution in [0, 0.1) is 0 Å². The van der Waals surface area contributed by atoms with Crippen molar-refractivity contribution in [1.29, 1.82) is 0 Å². The first-order valence-electron chi connectivity index (χ1n) is 5.46. The first-order valence-corrected chi connectivity index (χ1v) is 6.61. The Morgan fingerprint density at radius 3 is 2.93 bits per heavy atom. The minimum absolute atomic E-state index is 0.509. The summed E-state index contributed by atoms with van der Waals surface area (Å²) in [5, 5.41) is 10.2. The molecule has 2 nitrogen and oxygen atoms in total. The minimum atomic E-state index is -0.509. The predicted molar refractivity (Wildman–Crippen MR) is 64.2 cm³/mol. The standard InChI is InChI=1S/C12H17NOS/c1-2-10-3-4-11(13-8-10)7-12(14)5-6-15-9-12/h3-4,8,14H,2,5-7,9H2,1H3. The van der Waals surface area contributed by atoms with Crippen LogP contribution in [0.15, 0.2) is 18.3 Å². The molecule has 0 aromatic carbocycles. The quantitative estimate of drug-likeness (QED) is 0.851. The summed E-state index contributed by atoms with van der Waals surface area (Å²) in [7, 11) is 0. The average Bonchev–Trinajstić information content (AvgIpc) is 2.66. The summed E-state index contributed by atoms with van der Waals surface area (Å²) in [4.78, 5) is 4.39. The number of thioether (sulfide) groups is 1. The maximum absolute atomic E-state index is 10.2. The second-order valence-electron chi connectivity index (χ2n) is 4.22. The van der Waals surface area contributed by atoms with Gasteiger partial charge in [0.1, 0.15) is 0 Å². The third-order valence-corrected chi connectivity index (χ3v) is 4.12. The lowest BCUT2D eigenvalue weighted by Gasteiger charge is -2.20. The molecule has 1 unspecified atom stereocenters. The SMILES string of the molecule is CCc1ccc(CC2(O)CCSC2)nc1. The maximum Gasteiger partial charge on any atom is 0.0800 e. The average molecular weight is 223 g/mol. The van der Waals surface area contributed by atoms with Crippen molar-refractivity contribution < 1.29 is 5.11 Å². The fourth-order valence-electron chi connectivity index (χ4n) is 1.84. The van der Waals surface area contributed by atoms with Gasteiger partial charge in [-0.25, -0.2) is 0 Å². The molecule has 1 aliphatic rings. The van der Waals surface area contributed by atoms with Crippen LogP contribution in [0.5, 0.6) is 0 Å². The number of pyridine rings is 1. The molecule has 0 radical (unpaired) electrons. The second kappa shape index (κ2) is 4.54. The fraction of sp³-hybridized carbons (Fsp3) is 0.583. The van der Waals surface area contributed by atoms with Crippen molar-refractivity contribution in [3.05, 3.63) is 29.6 Å². The van der Waals surface area contributed by atoms with Crippen LogP contribution in [0.3, 0.4) is 0 Å². The Morgan fingerprint density at radius 1 is 1.53 bits per heavy atom. The van der Waals surface area contributed by atoms with Gasteiger partial charge in [0.2, 0.25) is 0 Å². The molecule has 1 saturated heterocycles. The molecule has 2 heterocycles. The Morgan fingerprint density at radius 2 is 2.40 bits per heavy atom. The molecule has 1 fully saturated rings. The number of aromatic nitrogens is 1. The van der Waals surface area contributed by atoms with Crippen LogP contribution in [0.1, 0.15) is 24.6 Å². The first kappa shape index (κ1) is 11.0. The van der Waals surface area contributed by atoms with Crippen molar-refractivity contribution >= 4 is 11.8 Å². The van der Waals surface area contributed by atoms with Gasteiger partial charge in [-0.1, -0.05) is 13.0 Å². The normalized spacial score (nSPS) is 25.7. The third-order valence-electron chi connectivity index (χ3n) is 2.89. The number of rotatable bonds is 3. The van der Waals surface area contributed by atoms with Gasteiger partial charge in [-0.3, -0.25) is 4.98 Å². The van der Waals surface area contributed by atoms with Crippen molar-refractivity contribution in [1.82, 2.24) is 4.98 Å². The van der Waals surface area contributed by atoms with Crippen LogP contribution in [-0.4, -0.2) is 27.2 Å². The number of aliphatic hydroxyl groups is 1. The van der Waals surface area contributed by atoms with Crippen molar-refractivity contribution in [3.8, 4) is 0 Å². The monoisotopic (exact) mass is 223 g/mol. The molecule has 2 rings (SSSR count). The predicted octanol–water partition coefficient (Wildman–Crippen LogP) is 2.05. The molecule has 15 heavy (non-hydrogen) atoms. The molecular formula is C12H17NOS. The highest BCUT2D eigenvalue weighted by Crippen LogP contribution is 2.30. The second-order valence-corrected chi connectivity index (χ2v) is 5.32. The smallest absolute Gasteiger partial charge is 0.0800 e. The zero-order valence-electron chi connectivity index (χ0n) is 9.07. The van der Waals surface area contributed by atoms with Gasteiger partial charge in [0.25, 0.3) is 0 Å². The summed E-state index contributed by atoms with van der Waals surface area (Å²) in [5.74, 6) is 1.92. The Kier molecular flexibility index (Phi) is 3.32. The third kappa shape index (κ3) is 2.73. The highest BCUT2D eigenvalue weighted by atomic mass is 32.2. The Hall–Kier alpha value is -0.540. The van der Waals surface area contributed by atoms with E-state index in [2.05, 4.69) is 18.0 Å². The fourth-order valence-corrected chi connectivity index (χ4v) is 3.14. The molecule has 0 saturated carbocycles. The lowest BCUT2D eigenvalue weighted by Crippen LogP contribution is -2.31. The van der Waals surface area contributed by atoms with Gasteiger partial charge in [-0.2, -0.15) is 11.8 Å². The Bertz CT molecular complexity index is 317. The maximum atomic E-state index is 10.2. The molecule has 3 heteroatoms. The van der Waals surface area contributed by atoms with E-state index in [1.807, 2.05) is 24.0 Å². The molecule has 1 atom stereocenters. The summed E-state index contributed by atoms with van der Waals surface area (Å²) in [6.45, 7) is 2.12. The van der Waals surface area contributed by atoms with Gasteiger partial charge < -0.3 is 5.11 Å². The van der Waals surface area contributed by atoms with Gasteiger partial charge in [0, 0.05) is 24.1 Å². The van der Waals surface area contributed by atoms with Crippen LogP contribution < -0.4 is 0 Å². The summed E-state index contributed by atoms with van der Waals surface area (Å²) < 4.78 is 0. The van der Waals surface area contributed by atoms with Crippen molar-refractivity contribution in [2.75, 3.05) is 11.5 Å². The van der Waals surface area contributed by atoms with Crippen LogP contribution in [0.2, 0.25) is 0 Å². The highest BCUT2D eigenvalue weighted by Gasteiger charge is 2.32. The van der Waals surface area contributed by atoms with Crippen molar-refractivity contribution in [2.45, 2.75) is 31.8 Å². The van der Waals surface area contributed by atoms with Gasteiger partial charge in [-0.05, 0) is 30.2 Å². The lowest BCUT2D eigenvalue weighted by molar-refractivity contribution is 0.0676. The summed E-state index contributed by atoms with van der Waals surface area (Å²) in [5.41, 5.74) is 1.76. The van der Waals surface area contributed by atoms with E-state index in [1.54, 1.807) is 0 Å². The molecular weight excluding hydrogens is 206 g/mol. The van der Waals surface area contributed by atoms with E-state index in [9.17, 15) is 5.11 Å². The molecule has 1 aromatic heterocycles. The zero-order chi connectivity index (χ0) is 10.7. The summed E-state index contributed by atoms with van der Waals surface area (Å²) >= 11 is 1.83. The minimum Gasteiger partial charge on any atom is -0.389 e. The number of aryl methyl sites for hydroxylation is 1. The van der Waals surface area contributed by atoms with E-state index in [0.717, 1.165) is 30.0 Å². The zero-order valence-corrected chi connectivity index (χ0v) is 9.89. The first-order chi connectivity index (χ1) is 7.22. The van der Waals surface area contributed by atoms with E-state index < -0.39 is 5.60 Å². The topological polar surface area (TPSA) is 33.1 Å². The molecule has 1 N–H and O–H groups in total. The van der Waals surface area contributed by atoms with E-state index in [0.29, 0.717) is 6.42 Å². The number of hydrogen-bond acceptors (Lipinski definition) is 3. The van der Waals surface area contributed by atoms with E-state index in [-0.39, 0.29) is 0 Å². The molecule has 82 valence electrons. The molecule has 0 spiro atoms. The van der Waals surface area contributed by atoms with Gasteiger partial charge in [0.15, 0.2) is 0 Å². The van der Waals surface area contributed by atoms with Crippen LogP contribution >= 0.6 is 11.8 Å². The van der Waals surface area contributed by atoms with Crippen LogP contribution in [0.4, 0.5) is 0 Å². The lowest BCUT2D eigenvalue weighted by atomic mass is 9.97. The Labute approximate surface area is 95.1 Å². The van der Waals surface area contributed by atoms with E-state index >= 15 is 0 Å². The molecule has 0 aliphatic carbocycles. The number of nitrogens with zero attached hydrogens (tertiary/aromatic N) is 1. The molecule has 1 aliphatic heterocycles. The van der Waals surface area contributed by atoms with Crippen molar-refractivity contribution in [2.24, 2.45) is 0 Å². The largest absolute Gasteiger partial charge is 0.389 e. The molecule has 0 bridgehead atoms. The molecule has 1 aromatic rings. The Balaban J connectivity index is 2.04. The number of hydrogen-bond donors (Lipinski definition) is 1. The van der Waals surface area contributed by atoms with Crippen molar-refractivity contribution in [3.63, 3.8) is 0 Å². The van der Waals surface area contributed by atoms with Crippen LogP contribution in [0.25, 0.3) is 0 Å². The highest BCUT2D eigenvalue weighted by molar-refractivity contribution is 7.99. The van der Waals surface area contributed by atoms with E-state index in [4.69, 9.17) is 0 Å². The van der Waals surface area contributed by atoms with E-state index in [1.165, 1.54) is 5.56 Å². The van der Waals surface area contributed by atoms with Gasteiger partial charge in [-0.15, -0.1) is 0 Å². The summed E-state index contributed by atoms with van der Waals surface area (Å²) in [6, 6.07) is 4.15. The van der Waals surface area contributed by atoms with Gasteiger partial charge in [0.05, 0.1) is 5.60 Å². The van der Waals surface area contributed by atoms with Crippen LogP contribution in [-0.2, 0) is 12.8 Å².